The molecule has 4 rings (SSSR count). The first-order chi connectivity index (χ1) is 12.6. The summed E-state index contributed by atoms with van der Waals surface area (Å²) in [6.07, 6.45) is 4.27. The minimum absolute atomic E-state index is 0.853. The fourth-order valence-electron chi connectivity index (χ4n) is 3.10. The number of nitrogens with zero attached hydrogens (tertiary/aromatic N) is 1. The zero-order chi connectivity index (χ0) is 18.1. The standard InChI is InChI=1S/C22H20N2OS/c1-14-10-21(16-4-6-18(25-3)7-5-16)24-20(14)12-22-19(11-15(2)23-22)17-8-9-26-13-17/h4-13,23H,1-3H3/b20-12+. The molecule has 0 amide bonds. The molecule has 130 valence electrons. The summed E-state index contributed by atoms with van der Waals surface area (Å²) in [6.45, 7) is 4.19. The van der Waals surface area contributed by atoms with Crippen molar-refractivity contribution < 1.29 is 4.74 Å². The number of hydrogen-bond acceptors (Lipinski definition) is 3. The molecular weight excluding hydrogens is 340 g/mol. The summed E-state index contributed by atoms with van der Waals surface area (Å²) < 4.78 is 5.23. The van der Waals surface area contributed by atoms with E-state index in [1.54, 1.807) is 18.4 Å². The summed E-state index contributed by atoms with van der Waals surface area (Å²) in [7, 11) is 1.68. The lowest BCUT2D eigenvalue weighted by Crippen LogP contribution is -1.93. The van der Waals surface area contributed by atoms with Gasteiger partial charge in [-0.15, -0.1) is 0 Å². The Morgan fingerprint density at radius 1 is 1.08 bits per heavy atom. The Morgan fingerprint density at radius 3 is 2.58 bits per heavy atom. The van der Waals surface area contributed by atoms with E-state index in [-0.39, 0.29) is 0 Å². The van der Waals surface area contributed by atoms with Crippen LogP contribution < -0.4 is 4.74 Å². The Labute approximate surface area is 157 Å². The number of benzene rings is 1. The van der Waals surface area contributed by atoms with Gasteiger partial charge in [0.25, 0.3) is 0 Å². The molecule has 3 heterocycles. The molecule has 0 saturated heterocycles. The lowest BCUT2D eigenvalue weighted by atomic mass is 10.1. The van der Waals surface area contributed by atoms with Crippen LogP contribution in [0.25, 0.3) is 17.2 Å². The molecule has 0 fully saturated rings. The fourth-order valence-corrected chi connectivity index (χ4v) is 3.76. The average Bonchev–Trinajstić information content (AvgIpc) is 3.37. The lowest BCUT2D eigenvalue weighted by Gasteiger charge is -2.01. The molecule has 0 aliphatic carbocycles. The normalized spacial score (nSPS) is 15.3. The highest BCUT2D eigenvalue weighted by Gasteiger charge is 2.15. The summed E-state index contributed by atoms with van der Waals surface area (Å²) in [5.74, 6) is 0.853. The Hall–Kier alpha value is -2.85. The number of methoxy groups -OCH3 is 1. The van der Waals surface area contributed by atoms with E-state index in [1.165, 1.54) is 16.7 Å². The van der Waals surface area contributed by atoms with Crippen molar-refractivity contribution in [2.45, 2.75) is 13.8 Å². The molecule has 1 aliphatic heterocycles. The molecule has 0 saturated carbocycles. The molecule has 2 aromatic heterocycles. The average molecular weight is 360 g/mol. The van der Waals surface area contributed by atoms with Crippen molar-refractivity contribution in [3.8, 4) is 16.9 Å². The SMILES string of the molecule is COc1ccc(C2=N/C(=C/c3[nH]c(C)cc3-c3ccsc3)C(C)=C2)cc1. The number of hydrogen-bond donors (Lipinski definition) is 1. The van der Waals surface area contributed by atoms with Gasteiger partial charge in [0.2, 0.25) is 0 Å². The van der Waals surface area contributed by atoms with E-state index < -0.39 is 0 Å². The number of allylic oxidation sites excluding steroid dienone is 2. The van der Waals surface area contributed by atoms with E-state index in [2.05, 4.69) is 53.9 Å². The molecule has 4 heteroatoms. The van der Waals surface area contributed by atoms with Gasteiger partial charge in [-0.05, 0) is 84.3 Å². The zero-order valence-corrected chi connectivity index (χ0v) is 15.9. The molecule has 1 aliphatic rings. The quantitative estimate of drug-likeness (QED) is 0.622. The summed E-state index contributed by atoms with van der Waals surface area (Å²) in [5.41, 5.74) is 8.95. The second-order valence-electron chi connectivity index (χ2n) is 6.37. The van der Waals surface area contributed by atoms with Crippen LogP contribution in [-0.4, -0.2) is 17.8 Å². The second-order valence-corrected chi connectivity index (χ2v) is 7.15. The molecule has 0 unspecified atom stereocenters. The van der Waals surface area contributed by atoms with E-state index in [4.69, 9.17) is 9.73 Å². The smallest absolute Gasteiger partial charge is 0.118 e. The van der Waals surface area contributed by atoms with Crippen LogP contribution in [0.1, 0.15) is 23.9 Å². The summed E-state index contributed by atoms with van der Waals surface area (Å²) in [6, 6.07) is 12.4. The topological polar surface area (TPSA) is 37.4 Å². The molecule has 1 aromatic carbocycles. The van der Waals surface area contributed by atoms with Crippen LogP contribution in [-0.2, 0) is 0 Å². The highest BCUT2D eigenvalue weighted by atomic mass is 32.1. The molecule has 1 N–H and O–H groups in total. The number of rotatable bonds is 4. The van der Waals surface area contributed by atoms with Crippen LogP contribution in [0.3, 0.4) is 0 Å². The maximum atomic E-state index is 5.23. The highest BCUT2D eigenvalue weighted by molar-refractivity contribution is 7.08. The maximum Gasteiger partial charge on any atom is 0.118 e. The molecule has 0 atom stereocenters. The second kappa shape index (κ2) is 6.81. The Kier molecular flexibility index (Phi) is 4.35. The van der Waals surface area contributed by atoms with E-state index in [1.807, 2.05) is 24.3 Å². The van der Waals surface area contributed by atoms with Crippen LogP contribution in [0.2, 0.25) is 0 Å². The van der Waals surface area contributed by atoms with Crippen LogP contribution in [0, 0.1) is 6.92 Å². The van der Waals surface area contributed by atoms with Crippen molar-refractivity contribution in [1.82, 2.24) is 4.98 Å². The number of H-pyrrole nitrogens is 1. The van der Waals surface area contributed by atoms with Crippen molar-refractivity contribution >= 4 is 23.1 Å². The number of aromatic nitrogens is 1. The molecule has 3 aromatic rings. The summed E-state index contributed by atoms with van der Waals surface area (Å²) >= 11 is 1.71. The van der Waals surface area contributed by atoms with E-state index in [0.29, 0.717) is 0 Å². The molecular formula is C22H20N2OS. The van der Waals surface area contributed by atoms with Crippen molar-refractivity contribution in [3.05, 3.63) is 81.5 Å². The third-order valence-electron chi connectivity index (χ3n) is 4.48. The predicted octanol–water partition coefficient (Wildman–Crippen LogP) is 5.85. The molecule has 0 spiro atoms. The first-order valence-corrected chi connectivity index (χ1v) is 9.44. The van der Waals surface area contributed by atoms with Crippen molar-refractivity contribution in [2.75, 3.05) is 7.11 Å². The number of ether oxygens (including phenoxy) is 1. The number of aliphatic imine (C=N–C) groups is 1. The zero-order valence-electron chi connectivity index (χ0n) is 15.0. The summed E-state index contributed by atoms with van der Waals surface area (Å²) in [4.78, 5) is 8.31. The molecule has 26 heavy (non-hydrogen) atoms. The largest absolute Gasteiger partial charge is 0.497 e. The van der Waals surface area contributed by atoms with Gasteiger partial charge in [-0.2, -0.15) is 11.3 Å². The van der Waals surface area contributed by atoms with Gasteiger partial charge < -0.3 is 9.72 Å². The first kappa shape index (κ1) is 16.6. The number of nitrogens with one attached hydrogen (secondary N) is 1. The lowest BCUT2D eigenvalue weighted by molar-refractivity contribution is 0.415. The van der Waals surface area contributed by atoms with Crippen LogP contribution in [0.4, 0.5) is 0 Å². The van der Waals surface area contributed by atoms with Crippen LogP contribution in [0.5, 0.6) is 5.75 Å². The van der Waals surface area contributed by atoms with Crippen molar-refractivity contribution in [2.24, 2.45) is 4.99 Å². The van der Waals surface area contributed by atoms with Gasteiger partial charge in [-0.1, -0.05) is 0 Å². The highest BCUT2D eigenvalue weighted by Crippen LogP contribution is 2.31. The van der Waals surface area contributed by atoms with Crippen LogP contribution in [0.15, 0.2) is 69.5 Å². The molecule has 0 radical (unpaired) electrons. The number of aromatic amines is 1. The van der Waals surface area contributed by atoms with Gasteiger partial charge >= 0.3 is 0 Å². The van der Waals surface area contributed by atoms with Gasteiger partial charge in [-0.25, -0.2) is 4.99 Å². The van der Waals surface area contributed by atoms with Crippen molar-refractivity contribution in [3.63, 3.8) is 0 Å². The Morgan fingerprint density at radius 2 is 1.88 bits per heavy atom. The Balaban J connectivity index is 1.70. The predicted molar refractivity (Wildman–Crippen MR) is 110 cm³/mol. The van der Waals surface area contributed by atoms with Crippen LogP contribution >= 0.6 is 11.3 Å². The first-order valence-electron chi connectivity index (χ1n) is 8.50. The monoisotopic (exact) mass is 360 g/mol. The van der Waals surface area contributed by atoms with Gasteiger partial charge in [0.1, 0.15) is 5.75 Å². The van der Waals surface area contributed by atoms with E-state index in [9.17, 15) is 0 Å². The molecule has 3 nitrogen and oxygen atoms in total. The third kappa shape index (κ3) is 3.16. The Bertz CT molecular complexity index is 1020. The van der Waals surface area contributed by atoms with Gasteiger partial charge in [0.15, 0.2) is 0 Å². The van der Waals surface area contributed by atoms with Gasteiger partial charge in [-0.3, -0.25) is 0 Å². The minimum Gasteiger partial charge on any atom is -0.497 e. The van der Waals surface area contributed by atoms with Crippen molar-refractivity contribution in [1.29, 1.82) is 0 Å². The fraction of sp³-hybridized carbons (Fsp3) is 0.136. The molecule has 0 bridgehead atoms. The van der Waals surface area contributed by atoms with E-state index >= 15 is 0 Å². The van der Waals surface area contributed by atoms with Gasteiger partial charge in [0, 0.05) is 22.5 Å². The minimum atomic E-state index is 0.853. The van der Waals surface area contributed by atoms with E-state index in [0.717, 1.165) is 34.1 Å². The third-order valence-corrected chi connectivity index (χ3v) is 5.16. The number of aryl methyl sites for hydroxylation is 1. The summed E-state index contributed by atoms with van der Waals surface area (Å²) in [5, 5.41) is 4.28. The number of thiophene rings is 1. The maximum absolute atomic E-state index is 5.23. The van der Waals surface area contributed by atoms with Gasteiger partial charge in [0.05, 0.1) is 18.5 Å².